The van der Waals surface area contributed by atoms with Crippen molar-refractivity contribution in [2.24, 2.45) is 0 Å². The van der Waals surface area contributed by atoms with Crippen LogP contribution in [0.4, 0.5) is 0 Å². The Morgan fingerprint density at radius 1 is 0.957 bits per heavy atom. The van der Waals surface area contributed by atoms with Crippen molar-refractivity contribution in [1.82, 2.24) is 15.2 Å². The third-order valence-electron chi connectivity index (χ3n) is 4.63. The number of nitrogens with one attached hydrogen (secondary N) is 1. The van der Waals surface area contributed by atoms with Crippen molar-refractivity contribution in [2.75, 3.05) is 26.2 Å². The van der Waals surface area contributed by atoms with Crippen molar-refractivity contribution in [3.63, 3.8) is 0 Å². The van der Waals surface area contributed by atoms with Gasteiger partial charge in [-0.25, -0.2) is 0 Å². The average molecular weight is 309 g/mol. The summed E-state index contributed by atoms with van der Waals surface area (Å²) in [6, 6.07) is 15.6. The maximum absolute atomic E-state index is 4.66. The summed E-state index contributed by atoms with van der Waals surface area (Å²) in [5.74, 6) is 0.569. The first-order chi connectivity index (χ1) is 11.3. The minimum atomic E-state index is 0.248. The third kappa shape index (κ3) is 3.98. The molecule has 0 saturated carbocycles. The maximum Gasteiger partial charge on any atom is 0.0776 e. The highest BCUT2D eigenvalue weighted by molar-refractivity contribution is 5.32. The first-order valence-electron chi connectivity index (χ1n) is 8.71. The van der Waals surface area contributed by atoms with Crippen molar-refractivity contribution >= 4 is 0 Å². The van der Waals surface area contributed by atoms with Crippen LogP contribution in [0.3, 0.4) is 0 Å². The normalized spacial score (nSPS) is 17.9. The van der Waals surface area contributed by atoms with E-state index in [1.54, 1.807) is 0 Å². The van der Waals surface area contributed by atoms with E-state index in [1.165, 1.54) is 17.5 Å². The van der Waals surface area contributed by atoms with E-state index in [0.717, 1.165) is 31.9 Å². The maximum atomic E-state index is 4.66. The molecule has 122 valence electrons. The fourth-order valence-electron chi connectivity index (χ4n) is 3.29. The number of hydrogen-bond acceptors (Lipinski definition) is 3. The molecule has 1 saturated heterocycles. The lowest BCUT2D eigenvalue weighted by Crippen LogP contribution is -2.33. The molecule has 0 aliphatic carbocycles. The molecule has 2 aromatic rings. The first-order valence-corrected chi connectivity index (χ1v) is 8.71. The third-order valence-corrected chi connectivity index (χ3v) is 4.63. The van der Waals surface area contributed by atoms with Gasteiger partial charge in [-0.2, -0.15) is 0 Å². The van der Waals surface area contributed by atoms with Crippen LogP contribution in [0.25, 0.3) is 0 Å². The van der Waals surface area contributed by atoms with Crippen LogP contribution in [0.5, 0.6) is 0 Å². The molecule has 1 aromatic heterocycles. The van der Waals surface area contributed by atoms with Crippen molar-refractivity contribution in [1.29, 1.82) is 0 Å². The SMILES string of the molecule is CC(C)c1ccc(C(c2ccccn2)N2CCCNCC2)cc1. The molecule has 23 heavy (non-hydrogen) atoms. The van der Waals surface area contributed by atoms with Crippen LogP contribution in [0.1, 0.15) is 49.0 Å². The average Bonchev–Trinajstić information content (AvgIpc) is 2.86. The van der Waals surface area contributed by atoms with Crippen LogP contribution >= 0.6 is 0 Å². The zero-order valence-corrected chi connectivity index (χ0v) is 14.2. The lowest BCUT2D eigenvalue weighted by molar-refractivity contribution is 0.237. The topological polar surface area (TPSA) is 28.2 Å². The number of pyridine rings is 1. The fourth-order valence-corrected chi connectivity index (χ4v) is 3.29. The predicted molar refractivity (Wildman–Crippen MR) is 95.7 cm³/mol. The highest BCUT2D eigenvalue weighted by atomic mass is 15.2. The van der Waals surface area contributed by atoms with Crippen molar-refractivity contribution in [3.8, 4) is 0 Å². The Morgan fingerprint density at radius 3 is 2.43 bits per heavy atom. The Balaban J connectivity index is 1.94. The number of benzene rings is 1. The van der Waals surface area contributed by atoms with Crippen LogP contribution in [0.2, 0.25) is 0 Å². The van der Waals surface area contributed by atoms with Gasteiger partial charge in [-0.05, 0) is 42.1 Å². The van der Waals surface area contributed by atoms with Gasteiger partial charge in [0.1, 0.15) is 0 Å². The van der Waals surface area contributed by atoms with Gasteiger partial charge in [0.15, 0.2) is 0 Å². The first kappa shape index (κ1) is 16.2. The van der Waals surface area contributed by atoms with Gasteiger partial charge < -0.3 is 5.32 Å². The van der Waals surface area contributed by atoms with Crippen LogP contribution < -0.4 is 5.32 Å². The van der Waals surface area contributed by atoms with Crippen LogP contribution in [-0.2, 0) is 0 Å². The number of nitrogens with zero attached hydrogens (tertiary/aromatic N) is 2. The molecule has 2 heterocycles. The molecule has 0 bridgehead atoms. The molecule has 1 aliphatic rings. The Hall–Kier alpha value is -1.71. The van der Waals surface area contributed by atoms with E-state index in [1.807, 2.05) is 12.3 Å². The van der Waals surface area contributed by atoms with Gasteiger partial charge in [-0.15, -0.1) is 0 Å². The van der Waals surface area contributed by atoms with Crippen molar-refractivity contribution < 1.29 is 0 Å². The molecule has 1 atom stereocenters. The number of hydrogen-bond donors (Lipinski definition) is 1. The van der Waals surface area contributed by atoms with Gasteiger partial charge >= 0.3 is 0 Å². The van der Waals surface area contributed by atoms with Crippen LogP contribution in [0.15, 0.2) is 48.7 Å². The molecule has 0 amide bonds. The number of aromatic nitrogens is 1. The van der Waals surface area contributed by atoms with Crippen molar-refractivity contribution in [3.05, 3.63) is 65.5 Å². The molecule has 3 nitrogen and oxygen atoms in total. The molecule has 1 unspecified atom stereocenters. The Labute approximate surface area is 139 Å². The molecular weight excluding hydrogens is 282 g/mol. The molecular formula is C20H27N3. The second-order valence-corrected chi connectivity index (χ2v) is 6.62. The monoisotopic (exact) mass is 309 g/mol. The van der Waals surface area contributed by atoms with E-state index in [0.29, 0.717) is 5.92 Å². The molecule has 0 radical (unpaired) electrons. The minimum Gasteiger partial charge on any atom is -0.315 e. The molecule has 1 aliphatic heterocycles. The van der Waals surface area contributed by atoms with Gasteiger partial charge in [0.05, 0.1) is 11.7 Å². The second kappa shape index (κ2) is 7.71. The summed E-state index contributed by atoms with van der Waals surface area (Å²) in [6.45, 7) is 8.82. The lowest BCUT2D eigenvalue weighted by atomic mass is 9.96. The summed E-state index contributed by atoms with van der Waals surface area (Å²) < 4.78 is 0. The second-order valence-electron chi connectivity index (χ2n) is 6.62. The highest BCUT2D eigenvalue weighted by Gasteiger charge is 2.24. The molecule has 1 fully saturated rings. The molecule has 3 heteroatoms. The zero-order chi connectivity index (χ0) is 16.1. The summed E-state index contributed by atoms with van der Waals surface area (Å²) in [4.78, 5) is 7.22. The van der Waals surface area contributed by atoms with Gasteiger partial charge in [0, 0.05) is 25.8 Å². The van der Waals surface area contributed by atoms with Crippen LogP contribution in [0, 0.1) is 0 Å². The highest BCUT2D eigenvalue weighted by Crippen LogP contribution is 2.29. The summed E-state index contributed by atoms with van der Waals surface area (Å²) in [6.07, 6.45) is 3.09. The largest absolute Gasteiger partial charge is 0.315 e. The van der Waals surface area contributed by atoms with E-state index in [2.05, 4.69) is 65.4 Å². The quantitative estimate of drug-likeness (QED) is 0.935. The molecule has 0 spiro atoms. The van der Waals surface area contributed by atoms with E-state index < -0.39 is 0 Å². The van der Waals surface area contributed by atoms with Gasteiger partial charge in [0.25, 0.3) is 0 Å². The molecule has 1 N–H and O–H groups in total. The van der Waals surface area contributed by atoms with Gasteiger partial charge in [-0.3, -0.25) is 9.88 Å². The van der Waals surface area contributed by atoms with E-state index in [9.17, 15) is 0 Å². The van der Waals surface area contributed by atoms with E-state index in [-0.39, 0.29) is 6.04 Å². The van der Waals surface area contributed by atoms with Crippen LogP contribution in [-0.4, -0.2) is 36.1 Å². The standard InChI is InChI=1S/C20H27N3/c1-16(2)17-7-9-18(10-8-17)20(19-6-3-4-12-22-19)23-14-5-11-21-13-15-23/h3-4,6-10,12,16,20-21H,5,11,13-15H2,1-2H3. The molecule has 3 rings (SSSR count). The van der Waals surface area contributed by atoms with E-state index >= 15 is 0 Å². The predicted octanol–water partition coefficient (Wildman–Crippen LogP) is 3.59. The summed E-state index contributed by atoms with van der Waals surface area (Å²) in [7, 11) is 0. The summed E-state index contributed by atoms with van der Waals surface area (Å²) in [5, 5.41) is 3.50. The van der Waals surface area contributed by atoms with Gasteiger partial charge in [0.2, 0.25) is 0 Å². The van der Waals surface area contributed by atoms with Crippen molar-refractivity contribution in [2.45, 2.75) is 32.2 Å². The summed E-state index contributed by atoms with van der Waals surface area (Å²) >= 11 is 0. The Kier molecular flexibility index (Phi) is 5.42. The smallest absolute Gasteiger partial charge is 0.0776 e. The van der Waals surface area contributed by atoms with E-state index in [4.69, 9.17) is 0 Å². The Bertz CT molecular complexity index is 584. The fraction of sp³-hybridized carbons (Fsp3) is 0.450. The van der Waals surface area contributed by atoms with Gasteiger partial charge in [-0.1, -0.05) is 44.2 Å². The Morgan fingerprint density at radius 2 is 1.74 bits per heavy atom. The summed E-state index contributed by atoms with van der Waals surface area (Å²) in [5.41, 5.74) is 3.88. The zero-order valence-electron chi connectivity index (χ0n) is 14.2. The minimum absolute atomic E-state index is 0.248. The lowest BCUT2D eigenvalue weighted by Gasteiger charge is -2.30. The molecule has 1 aromatic carbocycles. The number of rotatable bonds is 4.